The van der Waals surface area contributed by atoms with Gasteiger partial charge in [0, 0.05) is 11.3 Å². The summed E-state index contributed by atoms with van der Waals surface area (Å²) in [7, 11) is 0. The minimum atomic E-state index is 0.0392. The molecule has 1 N–H and O–H groups in total. The quantitative estimate of drug-likeness (QED) is 0.461. The lowest BCUT2D eigenvalue weighted by atomic mass is 10.1. The van der Waals surface area contributed by atoms with Crippen LogP contribution in [0.25, 0.3) is 0 Å². The lowest BCUT2D eigenvalue weighted by molar-refractivity contribution is 0.627. The molecule has 1 heterocycles. The largest absolute Gasteiger partial charge is 0.301 e. The maximum atomic E-state index is 11.8. The molecule has 1 aromatic rings. The molecule has 96 valence electrons. The molecule has 0 aliphatic carbocycles. The Bertz CT molecular complexity index is 401. The van der Waals surface area contributed by atoms with Crippen LogP contribution in [-0.2, 0) is 6.42 Å². The predicted octanol–water partition coefficient (Wildman–Crippen LogP) is 3.31. The minimum Gasteiger partial charge on any atom is -0.301 e. The average molecular weight is 254 g/mol. The minimum absolute atomic E-state index is 0.0392. The van der Waals surface area contributed by atoms with Crippen LogP contribution in [0.1, 0.15) is 50.3 Å². The molecule has 0 aromatic carbocycles. The standard InChI is InChI=1S/C13H22N2OS/c1-4-5-6-7-8-9-11-10(2)14-13(17-3)15-12(11)16/h4-9H2,1-3H3,(H,14,15,16). The number of unbranched alkanes of at least 4 members (excludes halogenated alkanes) is 4. The molecule has 0 unspecified atom stereocenters. The summed E-state index contributed by atoms with van der Waals surface area (Å²) < 4.78 is 0. The molecule has 0 atom stereocenters. The molecule has 4 heteroatoms. The van der Waals surface area contributed by atoms with E-state index in [1.165, 1.54) is 37.4 Å². The first-order valence-corrected chi connectivity index (χ1v) is 7.55. The number of nitrogens with one attached hydrogen (secondary N) is 1. The second-order valence-corrected chi connectivity index (χ2v) is 5.10. The van der Waals surface area contributed by atoms with Crippen molar-refractivity contribution in [1.82, 2.24) is 9.97 Å². The number of aryl methyl sites for hydroxylation is 1. The number of H-pyrrole nitrogens is 1. The summed E-state index contributed by atoms with van der Waals surface area (Å²) in [5.41, 5.74) is 1.78. The predicted molar refractivity (Wildman–Crippen MR) is 73.8 cm³/mol. The normalized spacial score (nSPS) is 10.8. The molecule has 0 aliphatic heterocycles. The Morgan fingerprint density at radius 1 is 1.24 bits per heavy atom. The number of thioether (sulfide) groups is 1. The summed E-state index contributed by atoms with van der Waals surface area (Å²) in [5, 5.41) is 0.710. The molecule has 3 nitrogen and oxygen atoms in total. The summed E-state index contributed by atoms with van der Waals surface area (Å²) in [6.07, 6.45) is 8.88. The SMILES string of the molecule is CCCCCCCc1c(C)nc(SC)[nH]c1=O. The number of hydrogen-bond acceptors (Lipinski definition) is 3. The third-order valence-corrected chi connectivity index (χ3v) is 3.50. The highest BCUT2D eigenvalue weighted by molar-refractivity contribution is 7.98. The van der Waals surface area contributed by atoms with Gasteiger partial charge in [0.2, 0.25) is 0 Å². The first kappa shape index (κ1) is 14.3. The lowest BCUT2D eigenvalue weighted by Crippen LogP contribution is -2.17. The Labute approximate surface area is 107 Å². The summed E-state index contributed by atoms with van der Waals surface area (Å²) in [4.78, 5) is 19.0. The van der Waals surface area contributed by atoms with E-state index in [0.717, 1.165) is 24.1 Å². The van der Waals surface area contributed by atoms with Crippen molar-refractivity contribution in [1.29, 1.82) is 0 Å². The van der Waals surface area contributed by atoms with Gasteiger partial charge in [-0.3, -0.25) is 4.79 Å². The molecule has 1 rings (SSSR count). The van der Waals surface area contributed by atoms with E-state index in [2.05, 4.69) is 16.9 Å². The van der Waals surface area contributed by atoms with Crippen LogP contribution in [-0.4, -0.2) is 16.2 Å². The van der Waals surface area contributed by atoms with E-state index in [1.54, 1.807) is 0 Å². The van der Waals surface area contributed by atoms with Crippen molar-refractivity contribution in [3.05, 3.63) is 21.6 Å². The molecule has 0 saturated heterocycles. The van der Waals surface area contributed by atoms with Gasteiger partial charge in [-0.15, -0.1) is 0 Å². The highest BCUT2D eigenvalue weighted by Gasteiger charge is 2.07. The molecule has 17 heavy (non-hydrogen) atoms. The van der Waals surface area contributed by atoms with Gasteiger partial charge in [-0.2, -0.15) is 0 Å². The fraction of sp³-hybridized carbons (Fsp3) is 0.692. The number of aromatic amines is 1. The topological polar surface area (TPSA) is 45.8 Å². The van der Waals surface area contributed by atoms with Gasteiger partial charge in [0.1, 0.15) is 0 Å². The Morgan fingerprint density at radius 3 is 2.53 bits per heavy atom. The first-order chi connectivity index (χ1) is 8.19. The van der Waals surface area contributed by atoms with Crippen LogP contribution in [0.5, 0.6) is 0 Å². The van der Waals surface area contributed by atoms with Gasteiger partial charge in [-0.25, -0.2) is 4.98 Å². The lowest BCUT2D eigenvalue weighted by Gasteiger charge is -2.05. The zero-order valence-corrected chi connectivity index (χ0v) is 11.8. The summed E-state index contributed by atoms with van der Waals surface area (Å²) in [5.74, 6) is 0. The van der Waals surface area contributed by atoms with E-state index in [4.69, 9.17) is 0 Å². The third kappa shape index (κ3) is 4.54. The molecule has 0 saturated carbocycles. The van der Waals surface area contributed by atoms with Crippen molar-refractivity contribution < 1.29 is 0 Å². The number of rotatable bonds is 7. The van der Waals surface area contributed by atoms with Gasteiger partial charge in [-0.05, 0) is 26.0 Å². The fourth-order valence-electron chi connectivity index (χ4n) is 1.88. The Kier molecular flexibility index (Phi) is 6.34. The van der Waals surface area contributed by atoms with Crippen LogP contribution in [0.15, 0.2) is 9.95 Å². The fourth-order valence-corrected chi connectivity index (χ4v) is 2.30. The van der Waals surface area contributed by atoms with Crippen LogP contribution in [0.2, 0.25) is 0 Å². The Balaban J connectivity index is 2.56. The van der Waals surface area contributed by atoms with Crippen LogP contribution in [0.4, 0.5) is 0 Å². The molecule has 0 radical (unpaired) electrons. The number of hydrogen-bond donors (Lipinski definition) is 1. The first-order valence-electron chi connectivity index (χ1n) is 6.32. The van der Waals surface area contributed by atoms with Gasteiger partial charge in [0.05, 0.1) is 0 Å². The zero-order valence-electron chi connectivity index (χ0n) is 11.0. The van der Waals surface area contributed by atoms with Crippen LogP contribution < -0.4 is 5.56 Å². The summed E-state index contributed by atoms with van der Waals surface area (Å²) in [6, 6.07) is 0. The van der Waals surface area contributed by atoms with Crippen LogP contribution >= 0.6 is 11.8 Å². The highest BCUT2D eigenvalue weighted by Crippen LogP contribution is 2.11. The number of aromatic nitrogens is 2. The van der Waals surface area contributed by atoms with E-state index in [-0.39, 0.29) is 5.56 Å². The Hall–Kier alpha value is -0.770. The molecule has 0 bridgehead atoms. The molecule has 0 aliphatic rings. The van der Waals surface area contributed by atoms with Crippen molar-refractivity contribution >= 4 is 11.8 Å². The molecular weight excluding hydrogens is 232 g/mol. The van der Waals surface area contributed by atoms with Crippen LogP contribution in [0.3, 0.4) is 0 Å². The van der Waals surface area contributed by atoms with Crippen molar-refractivity contribution in [3.63, 3.8) is 0 Å². The van der Waals surface area contributed by atoms with Crippen molar-refractivity contribution in [3.8, 4) is 0 Å². The Morgan fingerprint density at radius 2 is 1.94 bits per heavy atom. The van der Waals surface area contributed by atoms with Gasteiger partial charge in [0.15, 0.2) is 5.16 Å². The summed E-state index contributed by atoms with van der Waals surface area (Å²) >= 11 is 1.47. The van der Waals surface area contributed by atoms with E-state index in [9.17, 15) is 4.79 Å². The second-order valence-electron chi connectivity index (χ2n) is 4.30. The van der Waals surface area contributed by atoms with Gasteiger partial charge in [-0.1, -0.05) is 44.4 Å². The average Bonchev–Trinajstić information content (AvgIpc) is 2.31. The van der Waals surface area contributed by atoms with Gasteiger partial charge >= 0.3 is 0 Å². The zero-order chi connectivity index (χ0) is 12.7. The molecule has 0 amide bonds. The van der Waals surface area contributed by atoms with E-state index in [0.29, 0.717) is 5.16 Å². The molecule has 0 fully saturated rings. The van der Waals surface area contributed by atoms with Crippen molar-refractivity contribution in [2.24, 2.45) is 0 Å². The van der Waals surface area contributed by atoms with Gasteiger partial charge in [0.25, 0.3) is 5.56 Å². The van der Waals surface area contributed by atoms with Crippen molar-refractivity contribution in [2.45, 2.75) is 57.5 Å². The van der Waals surface area contributed by atoms with Crippen molar-refractivity contribution in [2.75, 3.05) is 6.26 Å². The number of nitrogens with zero attached hydrogens (tertiary/aromatic N) is 1. The van der Waals surface area contributed by atoms with E-state index >= 15 is 0 Å². The van der Waals surface area contributed by atoms with E-state index < -0.39 is 0 Å². The maximum Gasteiger partial charge on any atom is 0.254 e. The van der Waals surface area contributed by atoms with Crippen LogP contribution in [0, 0.1) is 6.92 Å². The molecule has 1 aromatic heterocycles. The summed E-state index contributed by atoms with van der Waals surface area (Å²) in [6.45, 7) is 4.14. The maximum absolute atomic E-state index is 11.8. The van der Waals surface area contributed by atoms with E-state index in [1.807, 2.05) is 13.2 Å². The van der Waals surface area contributed by atoms with Gasteiger partial charge < -0.3 is 4.98 Å². The third-order valence-electron chi connectivity index (χ3n) is 2.92. The monoisotopic (exact) mass is 254 g/mol. The molecular formula is C13H22N2OS. The highest BCUT2D eigenvalue weighted by atomic mass is 32.2. The molecule has 0 spiro atoms. The smallest absolute Gasteiger partial charge is 0.254 e. The second kappa shape index (κ2) is 7.54.